The number of nitrogens with one attached hydrogen (secondary N) is 2. The molecule has 0 radical (unpaired) electrons. The Morgan fingerprint density at radius 2 is 1.84 bits per heavy atom. The molecule has 25 heavy (non-hydrogen) atoms. The summed E-state index contributed by atoms with van der Waals surface area (Å²) in [6.07, 6.45) is 0. The van der Waals surface area contributed by atoms with Gasteiger partial charge in [-0.2, -0.15) is 0 Å². The molecule has 2 rings (SSSR count). The second-order valence-corrected chi connectivity index (χ2v) is 6.89. The second-order valence-electron chi connectivity index (χ2n) is 6.89. The van der Waals surface area contributed by atoms with Gasteiger partial charge in [-0.05, 0) is 17.7 Å². The fourth-order valence-electron chi connectivity index (χ4n) is 2.92. The van der Waals surface area contributed by atoms with Crippen LogP contribution >= 0.6 is 0 Å². The monoisotopic (exact) mass is 346 g/mol. The van der Waals surface area contributed by atoms with E-state index in [9.17, 15) is 9.59 Å². The van der Waals surface area contributed by atoms with Crippen LogP contribution in [0.2, 0.25) is 0 Å². The summed E-state index contributed by atoms with van der Waals surface area (Å²) in [6, 6.07) is 7.47. The maximum Gasteiger partial charge on any atom is 0.251 e. The number of hydrogen-bond acceptors (Lipinski definition) is 4. The Balaban J connectivity index is 1.78. The van der Waals surface area contributed by atoms with Gasteiger partial charge in [-0.3, -0.25) is 14.5 Å². The van der Waals surface area contributed by atoms with Crippen LogP contribution in [0.1, 0.15) is 29.8 Å². The molecule has 1 fully saturated rings. The van der Waals surface area contributed by atoms with Gasteiger partial charge in [0.1, 0.15) is 0 Å². The Morgan fingerprint density at radius 1 is 1.20 bits per heavy atom. The molecule has 138 valence electrons. The van der Waals surface area contributed by atoms with Crippen LogP contribution in [-0.4, -0.2) is 67.9 Å². The summed E-state index contributed by atoms with van der Waals surface area (Å²) < 4.78 is 0. The van der Waals surface area contributed by atoms with E-state index in [0.29, 0.717) is 18.7 Å². The van der Waals surface area contributed by atoms with Gasteiger partial charge in [-0.15, -0.1) is 0 Å². The number of rotatable bonds is 7. The molecule has 0 atom stereocenters. The lowest BCUT2D eigenvalue weighted by Crippen LogP contribution is -2.46. The van der Waals surface area contributed by atoms with Gasteiger partial charge >= 0.3 is 0 Å². The summed E-state index contributed by atoms with van der Waals surface area (Å²) >= 11 is 0. The second kappa shape index (κ2) is 9.53. The molecule has 1 saturated heterocycles. The molecule has 0 saturated carbocycles. The Bertz CT molecular complexity index is 565. The van der Waals surface area contributed by atoms with E-state index < -0.39 is 0 Å². The van der Waals surface area contributed by atoms with Gasteiger partial charge in [0, 0.05) is 64.3 Å². The van der Waals surface area contributed by atoms with Crippen LogP contribution in [0.5, 0.6) is 0 Å². The SMILES string of the molecule is CC(C)C(=O)N(C)Cc1ccc(C(=O)NCCN2CCNCC2)cc1. The first kappa shape index (κ1) is 19.4. The summed E-state index contributed by atoms with van der Waals surface area (Å²) in [5, 5.41) is 6.29. The Kier molecular flexibility index (Phi) is 7.40. The predicted octanol–water partition coefficient (Wildman–Crippen LogP) is 0.936. The highest BCUT2D eigenvalue weighted by Gasteiger charge is 2.14. The molecule has 1 heterocycles. The molecule has 6 nitrogen and oxygen atoms in total. The van der Waals surface area contributed by atoms with Gasteiger partial charge in [0.25, 0.3) is 5.91 Å². The zero-order valence-electron chi connectivity index (χ0n) is 15.5. The van der Waals surface area contributed by atoms with E-state index in [1.807, 2.05) is 38.1 Å². The summed E-state index contributed by atoms with van der Waals surface area (Å²) in [6.45, 7) is 9.99. The number of benzene rings is 1. The van der Waals surface area contributed by atoms with Crippen LogP contribution in [0.25, 0.3) is 0 Å². The molecule has 1 aromatic carbocycles. The third-order valence-electron chi connectivity index (χ3n) is 4.43. The molecule has 0 aliphatic carbocycles. The van der Waals surface area contributed by atoms with Crippen LogP contribution in [0.4, 0.5) is 0 Å². The van der Waals surface area contributed by atoms with E-state index >= 15 is 0 Å². The first-order valence-electron chi connectivity index (χ1n) is 9.02. The largest absolute Gasteiger partial charge is 0.351 e. The van der Waals surface area contributed by atoms with Gasteiger partial charge in [0.05, 0.1) is 0 Å². The van der Waals surface area contributed by atoms with Crippen molar-refractivity contribution in [2.24, 2.45) is 5.92 Å². The van der Waals surface area contributed by atoms with Crippen molar-refractivity contribution in [3.63, 3.8) is 0 Å². The van der Waals surface area contributed by atoms with Crippen LogP contribution in [0, 0.1) is 5.92 Å². The number of amides is 2. The van der Waals surface area contributed by atoms with Gasteiger partial charge in [-0.1, -0.05) is 26.0 Å². The highest BCUT2D eigenvalue weighted by Crippen LogP contribution is 2.09. The zero-order valence-corrected chi connectivity index (χ0v) is 15.5. The highest BCUT2D eigenvalue weighted by atomic mass is 16.2. The van der Waals surface area contributed by atoms with E-state index in [-0.39, 0.29) is 17.7 Å². The van der Waals surface area contributed by atoms with E-state index in [1.54, 1.807) is 11.9 Å². The normalized spacial score (nSPS) is 15.2. The van der Waals surface area contributed by atoms with Crippen molar-refractivity contribution in [1.82, 2.24) is 20.4 Å². The van der Waals surface area contributed by atoms with Crippen LogP contribution in [-0.2, 0) is 11.3 Å². The fourth-order valence-corrected chi connectivity index (χ4v) is 2.92. The quantitative estimate of drug-likeness (QED) is 0.771. The molecule has 0 bridgehead atoms. The Morgan fingerprint density at radius 3 is 2.44 bits per heavy atom. The number of hydrogen-bond donors (Lipinski definition) is 2. The van der Waals surface area contributed by atoms with Crippen molar-refractivity contribution < 1.29 is 9.59 Å². The minimum absolute atomic E-state index is 0.00858. The van der Waals surface area contributed by atoms with E-state index in [0.717, 1.165) is 38.3 Å². The molecule has 0 aromatic heterocycles. The molecular formula is C19H30N4O2. The number of carbonyl (C=O) groups is 2. The lowest BCUT2D eigenvalue weighted by molar-refractivity contribution is -0.133. The molecule has 0 unspecified atom stereocenters. The predicted molar refractivity (Wildman–Crippen MR) is 99.4 cm³/mol. The maximum atomic E-state index is 12.2. The van der Waals surface area contributed by atoms with Crippen LogP contribution < -0.4 is 10.6 Å². The first-order chi connectivity index (χ1) is 12.0. The molecular weight excluding hydrogens is 316 g/mol. The third-order valence-corrected chi connectivity index (χ3v) is 4.43. The standard InChI is InChI=1S/C19H30N4O2/c1-15(2)19(25)22(3)14-16-4-6-17(7-5-16)18(24)21-10-13-23-11-8-20-9-12-23/h4-7,15,20H,8-14H2,1-3H3,(H,21,24). The highest BCUT2D eigenvalue weighted by molar-refractivity contribution is 5.94. The van der Waals surface area contributed by atoms with Crippen molar-refractivity contribution >= 4 is 11.8 Å². The summed E-state index contributed by atoms with van der Waals surface area (Å²) in [4.78, 5) is 28.2. The van der Waals surface area contributed by atoms with Crippen molar-refractivity contribution in [3.8, 4) is 0 Å². The lowest BCUT2D eigenvalue weighted by atomic mass is 10.1. The first-order valence-corrected chi connectivity index (χ1v) is 9.02. The van der Waals surface area contributed by atoms with E-state index in [1.165, 1.54) is 0 Å². The third kappa shape index (κ3) is 6.14. The molecule has 6 heteroatoms. The summed E-state index contributed by atoms with van der Waals surface area (Å²) in [5.74, 6) is 0.0637. The van der Waals surface area contributed by atoms with Crippen molar-refractivity contribution in [2.75, 3.05) is 46.3 Å². The average molecular weight is 346 g/mol. The summed E-state index contributed by atoms with van der Waals surface area (Å²) in [5.41, 5.74) is 1.68. The molecule has 1 aliphatic heterocycles. The van der Waals surface area contributed by atoms with Crippen LogP contribution in [0.15, 0.2) is 24.3 Å². The topological polar surface area (TPSA) is 64.7 Å². The molecule has 1 aromatic rings. The minimum atomic E-state index is -0.0479. The van der Waals surface area contributed by atoms with Crippen molar-refractivity contribution in [1.29, 1.82) is 0 Å². The Labute approximate surface area is 150 Å². The van der Waals surface area contributed by atoms with Crippen molar-refractivity contribution in [3.05, 3.63) is 35.4 Å². The van der Waals surface area contributed by atoms with Crippen molar-refractivity contribution in [2.45, 2.75) is 20.4 Å². The van der Waals surface area contributed by atoms with Gasteiger partial charge in [-0.25, -0.2) is 0 Å². The fraction of sp³-hybridized carbons (Fsp3) is 0.579. The van der Waals surface area contributed by atoms with Gasteiger partial charge in [0.2, 0.25) is 5.91 Å². The van der Waals surface area contributed by atoms with Crippen LogP contribution in [0.3, 0.4) is 0 Å². The Hall–Kier alpha value is -1.92. The minimum Gasteiger partial charge on any atom is -0.351 e. The lowest BCUT2D eigenvalue weighted by Gasteiger charge is -2.27. The number of carbonyl (C=O) groups excluding carboxylic acids is 2. The molecule has 0 spiro atoms. The average Bonchev–Trinajstić information content (AvgIpc) is 2.62. The molecule has 1 aliphatic rings. The molecule has 2 amide bonds. The van der Waals surface area contributed by atoms with E-state index in [4.69, 9.17) is 0 Å². The summed E-state index contributed by atoms with van der Waals surface area (Å²) in [7, 11) is 1.80. The number of nitrogens with zero attached hydrogens (tertiary/aromatic N) is 2. The smallest absolute Gasteiger partial charge is 0.251 e. The zero-order chi connectivity index (χ0) is 18.2. The number of piperazine rings is 1. The maximum absolute atomic E-state index is 12.2. The van der Waals surface area contributed by atoms with Gasteiger partial charge < -0.3 is 15.5 Å². The van der Waals surface area contributed by atoms with E-state index in [2.05, 4.69) is 15.5 Å². The molecule has 2 N–H and O–H groups in total. The van der Waals surface area contributed by atoms with Gasteiger partial charge in [0.15, 0.2) is 0 Å².